The molecule has 1 aromatic heterocycles. The largest absolute Gasteiger partial charge is 0.508 e. The van der Waals surface area contributed by atoms with E-state index in [2.05, 4.69) is 46.5 Å². The first kappa shape index (κ1) is 19.2. The molecule has 4 N–H and O–H groups in total. The van der Waals surface area contributed by atoms with Crippen molar-refractivity contribution in [2.75, 3.05) is 0 Å². The van der Waals surface area contributed by atoms with Gasteiger partial charge in [0.1, 0.15) is 17.3 Å². The Bertz CT molecular complexity index is 1230. The summed E-state index contributed by atoms with van der Waals surface area (Å²) < 4.78 is 0. The van der Waals surface area contributed by atoms with Crippen LogP contribution in [0.15, 0.2) is 59.7 Å². The number of aromatic nitrogens is 2. The summed E-state index contributed by atoms with van der Waals surface area (Å²) in [6.07, 6.45) is 1.26. The summed E-state index contributed by atoms with van der Waals surface area (Å²) >= 11 is 0. The Kier molecular flexibility index (Phi) is 4.93. The Labute approximate surface area is 172 Å². The van der Waals surface area contributed by atoms with Gasteiger partial charge in [0.2, 0.25) is 0 Å². The molecule has 0 aliphatic carbocycles. The first-order chi connectivity index (χ1) is 14.4. The molecule has 0 atom stereocenters. The third-order valence-electron chi connectivity index (χ3n) is 4.90. The minimum atomic E-state index is -0.395. The van der Waals surface area contributed by atoms with E-state index in [1.54, 1.807) is 12.1 Å². The van der Waals surface area contributed by atoms with Gasteiger partial charge in [0.25, 0.3) is 5.91 Å². The van der Waals surface area contributed by atoms with Gasteiger partial charge in [-0.05, 0) is 67.4 Å². The van der Waals surface area contributed by atoms with Crippen LogP contribution in [0.25, 0.3) is 22.4 Å². The van der Waals surface area contributed by atoms with Crippen molar-refractivity contribution in [3.05, 3.63) is 76.9 Å². The van der Waals surface area contributed by atoms with Crippen molar-refractivity contribution in [3.8, 4) is 22.9 Å². The van der Waals surface area contributed by atoms with Gasteiger partial charge in [-0.1, -0.05) is 12.1 Å². The molecule has 1 heterocycles. The number of H-pyrrole nitrogens is 1. The molecule has 0 bridgehead atoms. The first-order valence-electron chi connectivity index (χ1n) is 9.33. The van der Waals surface area contributed by atoms with Crippen molar-refractivity contribution in [2.45, 2.75) is 13.8 Å². The topological polar surface area (TPSA) is 111 Å². The van der Waals surface area contributed by atoms with E-state index < -0.39 is 5.91 Å². The molecular weight excluding hydrogens is 380 g/mol. The molecule has 0 radical (unpaired) electrons. The number of phenols is 2. The zero-order chi connectivity index (χ0) is 21.3. The maximum absolute atomic E-state index is 12.3. The summed E-state index contributed by atoms with van der Waals surface area (Å²) in [6, 6.07) is 15.2. The van der Waals surface area contributed by atoms with E-state index in [9.17, 15) is 15.0 Å². The highest BCUT2D eigenvalue weighted by molar-refractivity contribution is 5.95. The van der Waals surface area contributed by atoms with Crippen LogP contribution in [0.3, 0.4) is 0 Å². The minimum Gasteiger partial charge on any atom is -0.508 e. The van der Waals surface area contributed by atoms with Crippen molar-refractivity contribution >= 4 is 23.2 Å². The lowest BCUT2D eigenvalue weighted by atomic mass is 10.1. The molecule has 0 aliphatic rings. The van der Waals surface area contributed by atoms with Crippen LogP contribution in [-0.2, 0) is 0 Å². The van der Waals surface area contributed by atoms with Crippen molar-refractivity contribution < 1.29 is 15.0 Å². The SMILES string of the molecule is Cc1cc2nc(-c3ccc(C(=O)N/N=C/c4cc(O)ccc4O)cc3)[nH]c2cc1C. The third-order valence-corrected chi connectivity index (χ3v) is 4.90. The monoisotopic (exact) mass is 400 g/mol. The van der Waals surface area contributed by atoms with Crippen molar-refractivity contribution in [3.63, 3.8) is 0 Å². The summed E-state index contributed by atoms with van der Waals surface area (Å²) in [7, 11) is 0. The van der Waals surface area contributed by atoms with Gasteiger partial charge in [-0.15, -0.1) is 0 Å². The maximum Gasteiger partial charge on any atom is 0.271 e. The van der Waals surface area contributed by atoms with Crippen molar-refractivity contribution in [1.29, 1.82) is 0 Å². The molecule has 4 aromatic rings. The highest BCUT2D eigenvalue weighted by Gasteiger charge is 2.09. The molecule has 150 valence electrons. The number of aromatic hydroxyl groups is 2. The van der Waals surface area contributed by atoms with Crippen LogP contribution in [0.2, 0.25) is 0 Å². The standard InChI is InChI=1S/C23H20N4O3/c1-13-9-19-20(10-14(13)2)26-22(25-19)15-3-5-16(6-4-15)23(30)27-24-12-17-11-18(28)7-8-21(17)29/h3-12,28-29H,1-2H3,(H,25,26)(H,27,30)/b24-12+. The average Bonchev–Trinajstić information content (AvgIpc) is 3.13. The lowest BCUT2D eigenvalue weighted by Gasteiger charge is -2.02. The number of hydrogen-bond acceptors (Lipinski definition) is 5. The molecule has 0 fully saturated rings. The number of imidazole rings is 1. The molecule has 0 saturated carbocycles. The molecule has 0 spiro atoms. The van der Waals surface area contributed by atoms with E-state index in [4.69, 9.17) is 0 Å². The van der Waals surface area contributed by atoms with E-state index in [-0.39, 0.29) is 11.5 Å². The number of hydrazone groups is 1. The van der Waals surface area contributed by atoms with E-state index in [1.807, 2.05) is 12.1 Å². The number of aromatic amines is 1. The van der Waals surface area contributed by atoms with Crippen LogP contribution in [0.1, 0.15) is 27.0 Å². The Balaban J connectivity index is 1.48. The molecule has 30 heavy (non-hydrogen) atoms. The number of phenolic OH excluding ortho intramolecular Hbond substituents is 2. The second-order valence-electron chi connectivity index (χ2n) is 7.06. The summed E-state index contributed by atoms with van der Waals surface area (Å²) in [6.45, 7) is 4.12. The maximum atomic E-state index is 12.3. The minimum absolute atomic E-state index is 0.00734. The summed E-state index contributed by atoms with van der Waals surface area (Å²) in [5.74, 6) is 0.283. The molecule has 1 amide bonds. The van der Waals surface area contributed by atoms with Gasteiger partial charge in [0.15, 0.2) is 0 Å². The predicted octanol–water partition coefficient (Wildman–Crippen LogP) is 4.02. The van der Waals surface area contributed by atoms with Crippen LogP contribution in [0.5, 0.6) is 11.5 Å². The van der Waals surface area contributed by atoms with E-state index >= 15 is 0 Å². The summed E-state index contributed by atoms with van der Waals surface area (Å²) in [4.78, 5) is 20.2. The molecule has 3 aromatic carbocycles. The van der Waals surface area contributed by atoms with Crippen LogP contribution in [-0.4, -0.2) is 32.3 Å². The van der Waals surface area contributed by atoms with E-state index in [0.29, 0.717) is 11.1 Å². The zero-order valence-electron chi connectivity index (χ0n) is 16.5. The number of aryl methyl sites for hydroxylation is 2. The van der Waals surface area contributed by atoms with Gasteiger partial charge in [0.05, 0.1) is 17.2 Å². The molecule has 7 nitrogen and oxygen atoms in total. The van der Waals surface area contributed by atoms with Crippen LogP contribution >= 0.6 is 0 Å². The zero-order valence-corrected chi connectivity index (χ0v) is 16.5. The number of nitrogens with one attached hydrogen (secondary N) is 2. The van der Waals surface area contributed by atoms with Gasteiger partial charge in [-0.3, -0.25) is 4.79 Å². The molecule has 4 rings (SSSR count). The lowest BCUT2D eigenvalue weighted by Crippen LogP contribution is -2.17. The molecule has 0 aliphatic heterocycles. The summed E-state index contributed by atoms with van der Waals surface area (Å²) in [5, 5.41) is 23.0. The number of carbonyl (C=O) groups is 1. The highest BCUT2D eigenvalue weighted by Crippen LogP contribution is 2.23. The van der Waals surface area contributed by atoms with Gasteiger partial charge in [0, 0.05) is 16.7 Å². The Morgan fingerprint density at radius 1 is 1.03 bits per heavy atom. The fourth-order valence-electron chi connectivity index (χ4n) is 3.06. The molecule has 0 saturated heterocycles. The van der Waals surface area contributed by atoms with Crippen LogP contribution < -0.4 is 5.43 Å². The molecule has 0 unspecified atom stereocenters. The molecular formula is C23H20N4O3. The van der Waals surface area contributed by atoms with Gasteiger partial charge in [-0.2, -0.15) is 5.10 Å². The Morgan fingerprint density at radius 3 is 2.53 bits per heavy atom. The number of amides is 1. The number of carbonyl (C=O) groups excluding carboxylic acids is 1. The van der Waals surface area contributed by atoms with Crippen LogP contribution in [0.4, 0.5) is 0 Å². The highest BCUT2D eigenvalue weighted by atomic mass is 16.3. The Morgan fingerprint density at radius 2 is 1.77 bits per heavy atom. The number of fused-ring (bicyclic) bond motifs is 1. The lowest BCUT2D eigenvalue weighted by molar-refractivity contribution is 0.0955. The van der Waals surface area contributed by atoms with E-state index in [0.717, 1.165) is 22.4 Å². The van der Waals surface area contributed by atoms with Crippen LogP contribution in [0, 0.1) is 13.8 Å². The van der Waals surface area contributed by atoms with Gasteiger partial charge < -0.3 is 15.2 Å². The number of benzene rings is 3. The average molecular weight is 400 g/mol. The summed E-state index contributed by atoms with van der Waals surface area (Å²) in [5.41, 5.74) is 8.25. The fraction of sp³-hybridized carbons (Fsp3) is 0.0870. The fourth-order valence-corrected chi connectivity index (χ4v) is 3.06. The van der Waals surface area contributed by atoms with Gasteiger partial charge in [-0.25, -0.2) is 10.4 Å². The van der Waals surface area contributed by atoms with Crippen molar-refractivity contribution in [1.82, 2.24) is 15.4 Å². The first-order valence-corrected chi connectivity index (χ1v) is 9.33. The predicted molar refractivity (Wildman–Crippen MR) is 116 cm³/mol. The second-order valence-corrected chi connectivity index (χ2v) is 7.06. The third kappa shape index (κ3) is 3.86. The number of rotatable bonds is 4. The second kappa shape index (κ2) is 7.71. The molecule has 7 heteroatoms. The Hall–Kier alpha value is -4.13. The van der Waals surface area contributed by atoms with Gasteiger partial charge >= 0.3 is 0 Å². The van der Waals surface area contributed by atoms with Crippen molar-refractivity contribution in [2.24, 2.45) is 5.10 Å². The quantitative estimate of drug-likeness (QED) is 0.235. The normalized spacial score (nSPS) is 11.3. The number of nitrogens with zero attached hydrogens (tertiary/aromatic N) is 2. The van der Waals surface area contributed by atoms with E-state index in [1.165, 1.54) is 35.5 Å². The smallest absolute Gasteiger partial charge is 0.271 e. The number of hydrogen-bond donors (Lipinski definition) is 4.